The molecule has 0 spiro atoms. The Morgan fingerprint density at radius 3 is 2.28 bits per heavy atom. The van der Waals surface area contributed by atoms with E-state index < -0.39 is 10.8 Å². The first kappa shape index (κ1) is 16.4. The highest BCUT2D eigenvalue weighted by Crippen LogP contribution is 2.23. The summed E-state index contributed by atoms with van der Waals surface area (Å²) in [4.78, 5) is 23.1. The van der Waals surface area contributed by atoms with Crippen molar-refractivity contribution in [3.63, 3.8) is 0 Å². The lowest BCUT2D eigenvalue weighted by Gasteiger charge is -2.11. The van der Waals surface area contributed by atoms with Gasteiger partial charge in [0.1, 0.15) is 5.56 Å². The molecule has 0 saturated carbocycles. The van der Waals surface area contributed by atoms with Gasteiger partial charge in [0.25, 0.3) is 11.6 Å². The molecule has 124 valence electrons. The quantitative estimate of drug-likeness (QED) is 0.554. The van der Waals surface area contributed by atoms with Crippen LogP contribution in [0.4, 0.5) is 11.4 Å². The summed E-state index contributed by atoms with van der Waals surface area (Å²) in [6.07, 6.45) is 0.661. The maximum absolute atomic E-state index is 12.5. The molecule has 0 bridgehead atoms. The molecular formula is C20H16N2O3. The van der Waals surface area contributed by atoms with Crippen LogP contribution in [-0.4, -0.2) is 10.8 Å². The van der Waals surface area contributed by atoms with Crippen molar-refractivity contribution in [1.82, 2.24) is 0 Å². The average molecular weight is 332 g/mol. The minimum atomic E-state index is -0.551. The van der Waals surface area contributed by atoms with E-state index in [-0.39, 0.29) is 11.3 Å². The lowest BCUT2D eigenvalue weighted by atomic mass is 10.0. The molecule has 0 radical (unpaired) electrons. The lowest BCUT2D eigenvalue weighted by Crippen LogP contribution is -2.15. The molecule has 25 heavy (non-hydrogen) atoms. The Hall–Kier alpha value is -3.47. The van der Waals surface area contributed by atoms with E-state index >= 15 is 0 Å². The predicted octanol–water partition coefficient (Wildman–Crippen LogP) is 4.44. The Kier molecular flexibility index (Phi) is 4.85. The van der Waals surface area contributed by atoms with Crippen molar-refractivity contribution < 1.29 is 9.72 Å². The van der Waals surface area contributed by atoms with Gasteiger partial charge in [0.2, 0.25) is 0 Å². The Bertz CT molecular complexity index is 908. The topological polar surface area (TPSA) is 72.2 Å². The minimum Gasteiger partial charge on any atom is -0.322 e. The third-order valence-corrected chi connectivity index (χ3v) is 3.85. The molecule has 3 aromatic rings. The van der Waals surface area contributed by atoms with Gasteiger partial charge in [-0.3, -0.25) is 14.9 Å². The summed E-state index contributed by atoms with van der Waals surface area (Å²) in [7, 11) is 0. The Morgan fingerprint density at radius 2 is 1.52 bits per heavy atom. The van der Waals surface area contributed by atoms with E-state index in [1.165, 1.54) is 18.2 Å². The first-order chi connectivity index (χ1) is 12.1. The third kappa shape index (κ3) is 3.90. The van der Waals surface area contributed by atoms with Gasteiger partial charge in [-0.2, -0.15) is 0 Å². The highest BCUT2D eigenvalue weighted by atomic mass is 16.6. The number of amides is 1. The number of nitro benzene ring substituents is 1. The molecule has 0 fully saturated rings. The number of carbonyl (C=O) groups is 1. The van der Waals surface area contributed by atoms with Gasteiger partial charge in [0.05, 0.1) is 4.92 Å². The lowest BCUT2D eigenvalue weighted by molar-refractivity contribution is -0.385. The maximum Gasteiger partial charge on any atom is 0.282 e. The first-order valence-electron chi connectivity index (χ1n) is 7.82. The SMILES string of the molecule is O=C(Nc1ccccc1Cc1ccccc1)c1ccccc1[N+](=O)[O-]. The van der Waals surface area contributed by atoms with Crippen molar-refractivity contribution in [3.05, 3.63) is 106 Å². The maximum atomic E-state index is 12.5. The van der Waals surface area contributed by atoms with Gasteiger partial charge >= 0.3 is 0 Å². The van der Waals surface area contributed by atoms with Crippen LogP contribution in [-0.2, 0) is 6.42 Å². The number of para-hydroxylation sites is 2. The zero-order valence-electron chi connectivity index (χ0n) is 13.4. The molecule has 5 nitrogen and oxygen atoms in total. The van der Waals surface area contributed by atoms with Crippen molar-refractivity contribution in [2.75, 3.05) is 5.32 Å². The molecule has 0 aliphatic rings. The van der Waals surface area contributed by atoms with E-state index in [4.69, 9.17) is 0 Å². The summed E-state index contributed by atoms with van der Waals surface area (Å²) in [6.45, 7) is 0. The number of hydrogen-bond acceptors (Lipinski definition) is 3. The number of nitrogens with zero attached hydrogens (tertiary/aromatic N) is 1. The van der Waals surface area contributed by atoms with Crippen LogP contribution in [0.3, 0.4) is 0 Å². The molecule has 1 N–H and O–H groups in total. The van der Waals surface area contributed by atoms with Crippen LogP contribution in [0.25, 0.3) is 0 Å². The Labute approximate surface area is 145 Å². The van der Waals surface area contributed by atoms with Crippen molar-refractivity contribution in [1.29, 1.82) is 0 Å². The molecule has 1 amide bonds. The van der Waals surface area contributed by atoms with Crippen molar-refractivity contribution in [3.8, 4) is 0 Å². The second kappa shape index (κ2) is 7.40. The average Bonchev–Trinajstić information content (AvgIpc) is 2.64. The van der Waals surface area contributed by atoms with E-state index in [2.05, 4.69) is 5.32 Å². The minimum absolute atomic E-state index is 0.0435. The molecule has 0 unspecified atom stereocenters. The summed E-state index contributed by atoms with van der Waals surface area (Å²) in [6, 6.07) is 23.3. The fourth-order valence-corrected chi connectivity index (χ4v) is 2.63. The molecule has 0 heterocycles. The number of rotatable bonds is 5. The van der Waals surface area contributed by atoms with Gasteiger partial charge in [-0.15, -0.1) is 0 Å². The summed E-state index contributed by atoms with van der Waals surface area (Å²) in [5.74, 6) is -0.493. The Balaban J connectivity index is 1.86. The monoisotopic (exact) mass is 332 g/mol. The van der Waals surface area contributed by atoms with Crippen LogP contribution in [0.1, 0.15) is 21.5 Å². The fraction of sp³-hybridized carbons (Fsp3) is 0.0500. The number of nitrogens with one attached hydrogen (secondary N) is 1. The second-order valence-corrected chi connectivity index (χ2v) is 5.55. The van der Waals surface area contributed by atoms with Crippen molar-refractivity contribution in [2.24, 2.45) is 0 Å². The first-order valence-corrected chi connectivity index (χ1v) is 7.82. The molecule has 0 saturated heterocycles. The number of nitro groups is 1. The molecular weight excluding hydrogens is 316 g/mol. The van der Waals surface area contributed by atoms with Gasteiger partial charge in [-0.25, -0.2) is 0 Å². The number of benzene rings is 3. The van der Waals surface area contributed by atoms with E-state index in [1.54, 1.807) is 12.1 Å². The third-order valence-electron chi connectivity index (χ3n) is 3.85. The van der Waals surface area contributed by atoms with Crippen LogP contribution < -0.4 is 5.32 Å². The van der Waals surface area contributed by atoms with Gasteiger partial charge in [0, 0.05) is 11.8 Å². The van der Waals surface area contributed by atoms with Crippen LogP contribution in [0.15, 0.2) is 78.9 Å². The van der Waals surface area contributed by atoms with E-state index in [1.807, 2.05) is 48.5 Å². The standard InChI is InChI=1S/C20H16N2O3/c23-20(17-11-5-7-13-19(17)22(24)25)21-18-12-6-4-10-16(18)14-15-8-2-1-3-9-15/h1-13H,14H2,(H,21,23). The van der Waals surface area contributed by atoms with E-state index in [0.29, 0.717) is 12.1 Å². The van der Waals surface area contributed by atoms with Crippen LogP contribution in [0.5, 0.6) is 0 Å². The van der Waals surface area contributed by atoms with Gasteiger partial charge < -0.3 is 5.32 Å². The van der Waals surface area contributed by atoms with E-state index in [9.17, 15) is 14.9 Å². The summed E-state index contributed by atoms with van der Waals surface area (Å²) in [5.41, 5.74) is 2.55. The molecule has 0 aliphatic heterocycles. The summed E-state index contributed by atoms with van der Waals surface area (Å²) >= 11 is 0. The number of hydrogen-bond donors (Lipinski definition) is 1. The highest BCUT2D eigenvalue weighted by molar-refractivity contribution is 6.07. The zero-order valence-corrected chi connectivity index (χ0v) is 13.4. The zero-order chi connectivity index (χ0) is 17.6. The fourth-order valence-electron chi connectivity index (χ4n) is 2.63. The second-order valence-electron chi connectivity index (χ2n) is 5.55. The molecule has 0 atom stereocenters. The van der Waals surface area contributed by atoms with Gasteiger partial charge in [-0.05, 0) is 29.7 Å². The molecule has 3 rings (SSSR count). The molecule has 0 aromatic heterocycles. The largest absolute Gasteiger partial charge is 0.322 e. The summed E-state index contributed by atoms with van der Waals surface area (Å²) in [5, 5.41) is 13.9. The van der Waals surface area contributed by atoms with E-state index in [0.717, 1.165) is 11.1 Å². The van der Waals surface area contributed by atoms with Crippen LogP contribution >= 0.6 is 0 Å². The highest BCUT2D eigenvalue weighted by Gasteiger charge is 2.19. The number of anilines is 1. The van der Waals surface area contributed by atoms with Gasteiger partial charge in [0.15, 0.2) is 0 Å². The van der Waals surface area contributed by atoms with Crippen molar-refractivity contribution >= 4 is 17.3 Å². The van der Waals surface area contributed by atoms with Crippen molar-refractivity contribution in [2.45, 2.75) is 6.42 Å². The van der Waals surface area contributed by atoms with Gasteiger partial charge in [-0.1, -0.05) is 60.7 Å². The normalized spacial score (nSPS) is 10.2. The predicted molar refractivity (Wildman–Crippen MR) is 96.7 cm³/mol. The molecule has 0 aliphatic carbocycles. The molecule has 5 heteroatoms. The Morgan fingerprint density at radius 1 is 0.880 bits per heavy atom. The van der Waals surface area contributed by atoms with Crippen LogP contribution in [0, 0.1) is 10.1 Å². The van der Waals surface area contributed by atoms with Crippen LogP contribution in [0.2, 0.25) is 0 Å². The smallest absolute Gasteiger partial charge is 0.282 e. The summed E-state index contributed by atoms with van der Waals surface area (Å²) < 4.78 is 0. The number of carbonyl (C=O) groups excluding carboxylic acids is 1. The molecule has 3 aromatic carbocycles.